The van der Waals surface area contributed by atoms with E-state index in [0.717, 1.165) is 19.3 Å². The Kier molecular flexibility index (Phi) is 5.59. The molecule has 0 saturated carbocycles. The standard InChI is InChI=1S/C23H33NO4/c1-15(2)7-6-8-16(3)9-11-22(4,5)13-24-14-23-12-10-17(28-23)18(21(26)27)19(23)20(24)25/h7,9-10,12,17-19H,6,8,11,13-14H2,1-5H3,(H,26,27)/p-1/b16-9+/t17-,18+,19+,23-/m1/s1. The SMILES string of the molecule is CC(C)=CCC/C(C)=C/CC(C)(C)CN1C[C@@]23C=C[C@@H](O2)[C@H](C(=O)[O-])[C@H]3C1=O. The number of hydrogen-bond acceptors (Lipinski definition) is 4. The van der Waals surface area contributed by atoms with E-state index < -0.39 is 29.5 Å². The van der Waals surface area contributed by atoms with Crippen LogP contribution in [-0.4, -0.2) is 41.6 Å². The molecule has 2 bridgehead atoms. The number of fused-ring (bicyclic) bond motifs is 1. The maximum atomic E-state index is 13.0. The van der Waals surface area contributed by atoms with Crippen LogP contribution in [0.3, 0.4) is 0 Å². The third kappa shape index (κ3) is 3.95. The Morgan fingerprint density at radius 3 is 2.71 bits per heavy atom. The van der Waals surface area contributed by atoms with Crippen molar-refractivity contribution >= 4 is 11.9 Å². The molecule has 0 aromatic heterocycles. The zero-order valence-electron chi connectivity index (χ0n) is 17.7. The molecule has 3 aliphatic heterocycles. The molecule has 0 aromatic rings. The summed E-state index contributed by atoms with van der Waals surface area (Å²) in [5.74, 6) is -2.82. The highest BCUT2D eigenvalue weighted by Crippen LogP contribution is 2.52. The highest BCUT2D eigenvalue weighted by molar-refractivity contribution is 5.90. The summed E-state index contributed by atoms with van der Waals surface area (Å²) in [5.41, 5.74) is 1.82. The smallest absolute Gasteiger partial charge is 0.229 e. The van der Waals surface area contributed by atoms with Gasteiger partial charge in [-0.05, 0) is 45.4 Å². The van der Waals surface area contributed by atoms with Crippen LogP contribution in [0.5, 0.6) is 0 Å². The third-order valence-corrected chi connectivity index (χ3v) is 6.16. The molecule has 28 heavy (non-hydrogen) atoms. The van der Waals surface area contributed by atoms with E-state index in [0.29, 0.717) is 13.1 Å². The number of carboxylic acids is 1. The normalized spacial score (nSPS) is 31.5. The number of nitrogens with zero attached hydrogens (tertiary/aromatic N) is 1. The van der Waals surface area contributed by atoms with Gasteiger partial charge >= 0.3 is 0 Å². The highest BCUT2D eigenvalue weighted by atomic mass is 16.5. The van der Waals surface area contributed by atoms with Crippen LogP contribution in [0, 0.1) is 17.3 Å². The number of allylic oxidation sites excluding steroid dienone is 4. The number of likely N-dealkylation sites (tertiary alicyclic amines) is 1. The van der Waals surface area contributed by atoms with Gasteiger partial charge in [0.1, 0.15) is 5.60 Å². The van der Waals surface area contributed by atoms with Gasteiger partial charge in [-0.1, -0.05) is 49.3 Å². The first-order chi connectivity index (χ1) is 13.0. The molecular formula is C23H32NO4-. The Labute approximate surface area is 168 Å². The van der Waals surface area contributed by atoms with Crippen LogP contribution >= 0.6 is 0 Å². The molecule has 0 unspecified atom stereocenters. The van der Waals surface area contributed by atoms with Gasteiger partial charge in [-0.15, -0.1) is 0 Å². The van der Waals surface area contributed by atoms with E-state index in [9.17, 15) is 14.7 Å². The molecule has 2 fully saturated rings. The second-order valence-electron chi connectivity index (χ2n) is 9.65. The minimum absolute atomic E-state index is 0.0958. The molecule has 154 valence electrons. The fraction of sp³-hybridized carbons (Fsp3) is 0.652. The zero-order valence-corrected chi connectivity index (χ0v) is 17.7. The third-order valence-electron chi connectivity index (χ3n) is 6.16. The molecule has 1 spiro atoms. The van der Waals surface area contributed by atoms with Gasteiger partial charge in [-0.3, -0.25) is 4.79 Å². The summed E-state index contributed by atoms with van der Waals surface area (Å²) < 4.78 is 5.92. The van der Waals surface area contributed by atoms with Crippen LogP contribution in [0.15, 0.2) is 35.5 Å². The molecule has 0 aromatic carbocycles. The minimum atomic E-state index is -1.19. The number of carboxylic acid groups (broad SMARTS) is 1. The van der Waals surface area contributed by atoms with Gasteiger partial charge in [0, 0.05) is 18.4 Å². The van der Waals surface area contributed by atoms with E-state index in [1.807, 2.05) is 6.08 Å². The average molecular weight is 387 g/mol. The second kappa shape index (κ2) is 7.51. The fourth-order valence-electron chi connectivity index (χ4n) is 4.70. The predicted molar refractivity (Wildman–Crippen MR) is 106 cm³/mol. The first-order valence-electron chi connectivity index (χ1n) is 10.2. The number of amides is 1. The molecule has 2 saturated heterocycles. The van der Waals surface area contributed by atoms with Crippen LogP contribution in [0.1, 0.15) is 53.9 Å². The highest BCUT2D eigenvalue weighted by Gasteiger charge is 2.65. The Bertz CT molecular complexity index is 744. The first kappa shape index (κ1) is 20.8. The number of rotatable bonds is 8. The summed E-state index contributed by atoms with van der Waals surface area (Å²) in [6, 6.07) is 0. The van der Waals surface area contributed by atoms with Crippen molar-refractivity contribution in [3.63, 3.8) is 0 Å². The van der Waals surface area contributed by atoms with Crippen molar-refractivity contribution in [2.24, 2.45) is 17.3 Å². The van der Waals surface area contributed by atoms with Crippen molar-refractivity contribution in [1.29, 1.82) is 0 Å². The van der Waals surface area contributed by atoms with Crippen LogP contribution in [0.4, 0.5) is 0 Å². The molecule has 0 aliphatic carbocycles. The minimum Gasteiger partial charge on any atom is -0.550 e. The van der Waals surface area contributed by atoms with E-state index in [1.165, 1.54) is 11.1 Å². The van der Waals surface area contributed by atoms with Crippen LogP contribution in [-0.2, 0) is 14.3 Å². The van der Waals surface area contributed by atoms with Crippen molar-refractivity contribution in [3.05, 3.63) is 35.5 Å². The van der Waals surface area contributed by atoms with Crippen molar-refractivity contribution in [3.8, 4) is 0 Å². The molecule has 3 rings (SSSR count). The van der Waals surface area contributed by atoms with Gasteiger partial charge < -0.3 is 19.5 Å². The summed E-state index contributed by atoms with van der Waals surface area (Å²) in [4.78, 5) is 26.4. The monoisotopic (exact) mass is 386 g/mol. The summed E-state index contributed by atoms with van der Waals surface area (Å²) in [7, 11) is 0. The lowest BCUT2D eigenvalue weighted by molar-refractivity contribution is -0.313. The van der Waals surface area contributed by atoms with Crippen molar-refractivity contribution in [2.75, 3.05) is 13.1 Å². The molecule has 3 aliphatic rings. The molecule has 0 N–H and O–H groups in total. The van der Waals surface area contributed by atoms with Gasteiger partial charge in [0.25, 0.3) is 0 Å². The number of carbonyl (C=O) groups is 2. The number of aliphatic carboxylic acids is 1. The van der Waals surface area contributed by atoms with Gasteiger partial charge in [-0.2, -0.15) is 0 Å². The Balaban J connectivity index is 1.62. The molecule has 5 heteroatoms. The number of ether oxygens (including phenoxy) is 1. The van der Waals surface area contributed by atoms with E-state index in [1.54, 1.807) is 11.0 Å². The Morgan fingerprint density at radius 2 is 2.07 bits per heavy atom. The topological polar surface area (TPSA) is 69.7 Å². The maximum Gasteiger partial charge on any atom is 0.229 e. The number of carbonyl (C=O) groups excluding carboxylic acids is 2. The fourth-order valence-corrected chi connectivity index (χ4v) is 4.70. The Hall–Kier alpha value is -1.88. The summed E-state index contributed by atoms with van der Waals surface area (Å²) in [6.07, 6.45) is 10.6. The van der Waals surface area contributed by atoms with Gasteiger partial charge in [0.2, 0.25) is 5.91 Å². The predicted octanol–water partition coefficient (Wildman–Crippen LogP) is 2.63. The van der Waals surface area contributed by atoms with Gasteiger partial charge in [0.15, 0.2) is 0 Å². The van der Waals surface area contributed by atoms with Crippen LogP contribution < -0.4 is 5.11 Å². The van der Waals surface area contributed by atoms with Crippen LogP contribution in [0.25, 0.3) is 0 Å². The lowest BCUT2D eigenvalue weighted by Crippen LogP contribution is -2.45. The second-order valence-corrected chi connectivity index (χ2v) is 9.65. The molecule has 4 atom stereocenters. The Morgan fingerprint density at radius 1 is 1.36 bits per heavy atom. The average Bonchev–Trinajstić information content (AvgIpc) is 3.21. The largest absolute Gasteiger partial charge is 0.550 e. The van der Waals surface area contributed by atoms with Crippen LogP contribution in [0.2, 0.25) is 0 Å². The zero-order chi connectivity index (χ0) is 20.7. The molecule has 5 nitrogen and oxygen atoms in total. The van der Waals surface area contributed by atoms with Crippen molar-refractivity contribution in [2.45, 2.75) is 65.6 Å². The molecule has 1 amide bonds. The maximum absolute atomic E-state index is 13.0. The lowest BCUT2D eigenvalue weighted by atomic mass is 9.77. The molecular weight excluding hydrogens is 354 g/mol. The first-order valence-corrected chi connectivity index (χ1v) is 10.2. The molecule has 0 radical (unpaired) electrons. The van der Waals surface area contributed by atoms with E-state index in [-0.39, 0.29) is 11.3 Å². The lowest BCUT2D eigenvalue weighted by Gasteiger charge is -2.31. The van der Waals surface area contributed by atoms with E-state index >= 15 is 0 Å². The van der Waals surface area contributed by atoms with E-state index in [2.05, 4.69) is 46.8 Å². The summed E-state index contributed by atoms with van der Waals surface area (Å²) >= 11 is 0. The molecule has 3 heterocycles. The van der Waals surface area contributed by atoms with Crippen molar-refractivity contribution in [1.82, 2.24) is 4.90 Å². The van der Waals surface area contributed by atoms with Crippen molar-refractivity contribution < 1.29 is 19.4 Å². The number of hydrogen-bond donors (Lipinski definition) is 0. The summed E-state index contributed by atoms with van der Waals surface area (Å²) in [6.45, 7) is 11.7. The van der Waals surface area contributed by atoms with Gasteiger partial charge in [0.05, 0.1) is 18.6 Å². The van der Waals surface area contributed by atoms with Gasteiger partial charge in [-0.25, -0.2) is 0 Å². The van der Waals surface area contributed by atoms with E-state index in [4.69, 9.17) is 4.74 Å². The quantitative estimate of drug-likeness (QED) is 0.601. The summed E-state index contributed by atoms with van der Waals surface area (Å²) in [5, 5.41) is 11.6.